The Balaban J connectivity index is 2.36. The first-order chi connectivity index (χ1) is 8.16. The molecule has 5 nitrogen and oxygen atoms in total. The van der Waals surface area contributed by atoms with E-state index in [2.05, 4.69) is 20.5 Å². The second-order valence-corrected chi connectivity index (χ2v) is 3.61. The minimum absolute atomic E-state index is 0.210. The van der Waals surface area contributed by atoms with E-state index in [1.807, 2.05) is 24.3 Å². The topological polar surface area (TPSA) is 67.2 Å². The summed E-state index contributed by atoms with van der Waals surface area (Å²) in [7, 11) is 0. The van der Waals surface area contributed by atoms with Gasteiger partial charge in [-0.05, 0) is 19.1 Å². The van der Waals surface area contributed by atoms with E-state index in [9.17, 15) is 4.79 Å². The third-order valence-electron chi connectivity index (χ3n) is 2.20. The maximum absolute atomic E-state index is 10.7. The molecule has 0 unspecified atom stereocenters. The van der Waals surface area contributed by atoms with Gasteiger partial charge in [0, 0.05) is 6.92 Å². The van der Waals surface area contributed by atoms with E-state index in [0.29, 0.717) is 11.4 Å². The Hall–Kier alpha value is -2.30. The normalized spacial score (nSPS) is 11.5. The van der Waals surface area contributed by atoms with E-state index < -0.39 is 0 Å². The van der Waals surface area contributed by atoms with Crippen molar-refractivity contribution in [3.05, 3.63) is 36.2 Å². The van der Waals surface area contributed by atoms with Gasteiger partial charge in [0.2, 0.25) is 5.91 Å². The molecule has 1 heterocycles. The lowest BCUT2D eigenvalue weighted by molar-refractivity contribution is -0.118. The lowest BCUT2D eigenvalue weighted by Gasteiger charge is -2.01. The SMILES string of the molecule is CC(=O)N/N=C(/C)c1cnc2ccccc2n1. The fourth-order valence-corrected chi connectivity index (χ4v) is 1.35. The molecule has 0 saturated heterocycles. The zero-order valence-electron chi connectivity index (χ0n) is 9.64. The fourth-order valence-electron chi connectivity index (χ4n) is 1.35. The van der Waals surface area contributed by atoms with Crippen LogP contribution < -0.4 is 5.43 Å². The molecule has 0 aliphatic carbocycles. The molecule has 0 radical (unpaired) electrons. The van der Waals surface area contributed by atoms with Gasteiger partial charge in [0.15, 0.2) is 0 Å². The summed E-state index contributed by atoms with van der Waals surface area (Å²) in [5, 5.41) is 3.92. The predicted octanol–water partition coefficient (Wildman–Crippen LogP) is 1.49. The molecule has 0 aliphatic rings. The summed E-state index contributed by atoms with van der Waals surface area (Å²) in [6.45, 7) is 3.18. The summed E-state index contributed by atoms with van der Waals surface area (Å²) in [5.41, 5.74) is 5.29. The van der Waals surface area contributed by atoms with Crippen LogP contribution in [0.5, 0.6) is 0 Å². The van der Waals surface area contributed by atoms with Crippen molar-refractivity contribution in [2.24, 2.45) is 5.10 Å². The van der Waals surface area contributed by atoms with Crippen molar-refractivity contribution in [2.45, 2.75) is 13.8 Å². The van der Waals surface area contributed by atoms with Gasteiger partial charge in [-0.15, -0.1) is 0 Å². The summed E-state index contributed by atoms with van der Waals surface area (Å²) in [5.74, 6) is -0.210. The zero-order valence-corrected chi connectivity index (χ0v) is 9.64. The summed E-state index contributed by atoms with van der Waals surface area (Å²) >= 11 is 0. The first-order valence-corrected chi connectivity index (χ1v) is 5.20. The number of nitrogens with zero attached hydrogens (tertiary/aromatic N) is 3. The highest BCUT2D eigenvalue weighted by Crippen LogP contribution is 2.08. The molecule has 0 fully saturated rings. The second-order valence-electron chi connectivity index (χ2n) is 3.61. The van der Waals surface area contributed by atoms with Gasteiger partial charge in [0.05, 0.1) is 22.9 Å². The van der Waals surface area contributed by atoms with E-state index in [0.717, 1.165) is 11.0 Å². The molecule has 0 bridgehead atoms. The largest absolute Gasteiger partial charge is 0.274 e. The van der Waals surface area contributed by atoms with Crippen LogP contribution in [-0.2, 0) is 4.79 Å². The molecule has 2 aromatic rings. The number of para-hydroxylation sites is 2. The summed E-state index contributed by atoms with van der Waals surface area (Å²) < 4.78 is 0. The van der Waals surface area contributed by atoms with Crippen molar-refractivity contribution in [1.29, 1.82) is 0 Å². The van der Waals surface area contributed by atoms with Crippen molar-refractivity contribution in [3.63, 3.8) is 0 Å². The van der Waals surface area contributed by atoms with Crippen LogP contribution in [0.4, 0.5) is 0 Å². The number of aromatic nitrogens is 2. The number of hydrogen-bond acceptors (Lipinski definition) is 4. The average molecular weight is 228 g/mol. The average Bonchev–Trinajstić information content (AvgIpc) is 2.35. The van der Waals surface area contributed by atoms with Gasteiger partial charge in [0.1, 0.15) is 5.69 Å². The number of rotatable bonds is 2. The molecule has 0 atom stereocenters. The number of fused-ring (bicyclic) bond motifs is 1. The summed E-state index contributed by atoms with van der Waals surface area (Å²) in [6, 6.07) is 7.60. The van der Waals surface area contributed by atoms with Crippen LogP contribution in [-0.4, -0.2) is 21.6 Å². The highest BCUT2D eigenvalue weighted by Gasteiger charge is 2.02. The van der Waals surface area contributed by atoms with Crippen molar-refractivity contribution in [1.82, 2.24) is 15.4 Å². The molecule has 1 aromatic heterocycles. The van der Waals surface area contributed by atoms with E-state index in [1.165, 1.54) is 6.92 Å². The van der Waals surface area contributed by atoms with Crippen LogP contribution in [0.3, 0.4) is 0 Å². The molecular formula is C12H12N4O. The molecule has 0 spiro atoms. The Kier molecular flexibility index (Phi) is 3.09. The third-order valence-corrected chi connectivity index (χ3v) is 2.20. The van der Waals surface area contributed by atoms with E-state index in [4.69, 9.17) is 0 Å². The van der Waals surface area contributed by atoms with Gasteiger partial charge >= 0.3 is 0 Å². The van der Waals surface area contributed by atoms with Crippen molar-refractivity contribution >= 4 is 22.7 Å². The molecule has 86 valence electrons. The minimum atomic E-state index is -0.210. The minimum Gasteiger partial charge on any atom is -0.274 e. The number of amides is 1. The lowest BCUT2D eigenvalue weighted by Crippen LogP contribution is -2.15. The summed E-state index contributed by atoms with van der Waals surface area (Å²) in [6.07, 6.45) is 1.64. The maximum Gasteiger partial charge on any atom is 0.236 e. The molecule has 17 heavy (non-hydrogen) atoms. The van der Waals surface area contributed by atoms with Crippen molar-refractivity contribution in [2.75, 3.05) is 0 Å². The zero-order chi connectivity index (χ0) is 12.3. The monoisotopic (exact) mass is 228 g/mol. The van der Waals surface area contributed by atoms with Crippen LogP contribution in [0.1, 0.15) is 19.5 Å². The highest BCUT2D eigenvalue weighted by atomic mass is 16.2. The number of carbonyl (C=O) groups is 1. The number of carbonyl (C=O) groups excluding carboxylic acids is 1. The molecule has 1 aromatic carbocycles. The molecule has 0 saturated carbocycles. The van der Waals surface area contributed by atoms with Crippen LogP contribution in [0.25, 0.3) is 11.0 Å². The Bertz CT molecular complexity index is 592. The Morgan fingerprint density at radius 1 is 1.24 bits per heavy atom. The molecule has 1 amide bonds. The second kappa shape index (κ2) is 4.69. The van der Waals surface area contributed by atoms with Gasteiger partial charge in [-0.1, -0.05) is 12.1 Å². The van der Waals surface area contributed by atoms with Crippen molar-refractivity contribution in [3.8, 4) is 0 Å². The maximum atomic E-state index is 10.7. The van der Waals surface area contributed by atoms with Gasteiger partial charge < -0.3 is 0 Å². The first-order valence-electron chi connectivity index (χ1n) is 5.20. The molecule has 1 N–H and O–H groups in total. The van der Waals surface area contributed by atoms with Gasteiger partial charge in [-0.3, -0.25) is 9.78 Å². The smallest absolute Gasteiger partial charge is 0.236 e. The van der Waals surface area contributed by atoms with Crippen LogP contribution in [0.2, 0.25) is 0 Å². The first kappa shape index (κ1) is 11.2. The van der Waals surface area contributed by atoms with Crippen LogP contribution in [0.15, 0.2) is 35.6 Å². The molecule has 0 aliphatic heterocycles. The molecule has 2 rings (SSSR count). The standard InChI is InChI=1S/C12H12N4O/c1-8(15-16-9(2)17)12-7-13-10-5-3-4-6-11(10)14-12/h3-7H,1-2H3,(H,16,17)/b15-8-. The highest BCUT2D eigenvalue weighted by molar-refractivity contribution is 5.98. The summed E-state index contributed by atoms with van der Waals surface area (Å²) in [4.78, 5) is 19.4. The number of hydrazone groups is 1. The van der Waals surface area contributed by atoms with Gasteiger partial charge in [-0.2, -0.15) is 5.10 Å². The Morgan fingerprint density at radius 2 is 1.94 bits per heavy atom. The van der Waals surface area contributed by atoms with Crippen LogP contribution in [0, 0.1) is 0 Å². The van der Waals surface area contributed by atoms with E-state index in [1.54, 1.807) is 13.1 Å². The van der Waals surface area contributed by atoms with Gasteiger partial charge in [0.25, 0.3) is 0 Å². The van der Waals surface area contributed by atoms with E-state index in [-0.39, 0.29) is 5.91 Å². The Labute approximate surface area is 98.6 Å². The number of hydrogen-bond donors (Lipinski definition) is 1. The quantitative estimate of drug-likeness (QED) is 0.625. The molecular weight excluding hydrogens is 216 g/mol. The van der Waals surface area contributed by atoms with Crippen molar-refractivity contribution < 1.29 is 4.79 Å². The lowest BCUT2D eigenvalue weighted by atomic mass is 10.2. The number of nitrogens with one attached hydrogen (secondary N) is 1. The van der Waals surface area contributed by atoms with Crippen LogP contribution >= 0.6 is 0 Å². The van der Waals surface area contributed by atoms with E-state index >= 15 is 0 Å². The Morgan fingerprint density at radius 3 is 2.65 bits per heavy atom. The predicted molar refractivity (Wildman–Crippen MR) is 65.6 cm³/mol. The third kappa shape index (κ3) is 2.63. The van der Waals surface area contributed by atoms with Gasteiger partial charge in [-0.25, -0.2) is 10.4 Å². The molecule has 5 heteroatoms. The fraction of sp³-hybridized carbons (Fsp3) is 0.167. The number of benzene rings is 1.